The lowest BCUT2D eigenvalue weighted by atomic mass is 10.2. The third kappa shape index (κ3) is 4.35. The van der Waals surface area contributed by atoms with E-state index in [-0.39, 0.29) is 5.91 Å². The minimum Gasteiger partial charge on any atom is -0.492 e. The fraction of sp³-hybridized carbons (Fsp3) is 0.500. The monoisotopic (exact) mass is 265 g/mol. The van der Waals surface area contributed by atoms with Gasteiger partial charge in [0, 0.05) is 25.3 Å². The maximum absolute atomic E-state index is 11.5. The van der Waals surface area contributed by atoms with Gasteiger partial charge in [-0.1, -0.05) is 6.92 Å². The Bertz CT molecular complexity index is 421. The van der Waals surface area contributed by atoms with E-state index in [1.807, 2.05) is 30.0 Å². The van der Waals surface area contributed by atoms with Gasteiger partial charge in [0.05, 0.1) is 18.8 Å². The molecule has 0 unspecified atom stereocenters. The number of amides is 1. The summed E-state index contributed by atoms with van der Waals surface area (Å²) in [6, 6.07) is 5.61. The minimum absolute atomic E-state index is 0.0109. The van der Waals surface area contributed by atoms with Crippen molar-refractivity contribution in [1.82, 2.24) is 5.32 Å². The van der Waals surface area contributed by atoms with Crippen LogP contribution >= 0.6 is 0 Å². The molecule has 0 heterocycles. The molecule has 106 valence electrons. The topological polar surface area (TPSA) is 67.6 Å². The zero-order valence-corrected chi connectivity index (χ0v) is 11.9. The molecule has 0 spiro atoms. The summed E-state index contributed by atoms with van der Waals surface area (Å²) in [5, 5.41) is 2.64. The summed E-state index contributed by atoms with van der Waals surface area (Å²) in [6.07, 6.45) is 0.964. The Hall–Kier alpha value is -1.91. The zero-order chi connectivity index (χ0) is 14.3. The first-order valence-electron chi connectivity index (χ1n) is 6.60. The molecule has 0 fully saturated rings. The standard InChI is InChI=1S/C14H23N3O2/c1-4-8-17(10-14(18)16-3)11-6-7-12(15)13(9-11)19-5-2/h6-7,9H,4-5,8,10,15H2,1-3H3,(H,16,18). The Morgan fingerprint density at radius 2 is 2.16 bits per heavy atom. The van der Waals surface area contributed by atoms with Gasteiger partial charge in [0.1, 0.15) is 5.75 Å². The van der Waals surface area contributed by atoms with Crippen molar-refractivity contribution in [3.05, 3.63) is 18.2 Å². The molecule has 0 aromatic heterocycles. The lowest BCUT2D eigenvalue weighted by Gasteiger charge is -2.24. The number of nitrogens with two attached hydrogens (primary N) is 1. The molecule has 0 aliphatic rings. The van der Waals surface area contributed by atoms with Gasteiger partial charge in [-0.3, -0.25) is 4.79 Å². The maximum atomic E-state index is 11.5. The molecular weight excluding hydrogens is 242 g/mol. The van der Waals surface area contributed by atoms with E-state index in [0.29, 0.717) is 24.6 Å². The number of ether oxygens (including phenoxy) is 1. The molecule has 0 radical (unpaired) electrons. The first-order chi connectivity index (χ1) is 9.12. The van der Waals surface area contributed by atoms with Crippen LogP contribution < -0.4 is 20.7 Å². The highest BCUT2D eigenvalue weighted by Crippen LogP contribution is 2.27. The van der Waals surface area contributed by atoms with Gasteiger partial charge in [-0.2, -0.15) is 0 Å². The van der Waals surface area contributed by atoms with E-state index in [0.717, 1.165) is 18.7 Å². The molecule has 0 saturated heterocycles. The average molecular weight is 265 g/mol. The van der Waals surface area contributed by atoms with Crippen LogP contribution in [0, 0.1) is 0 Å². The number of hydrogen-bond acceptors (Lipinski definition) is 4. The summed E-state index contributed by atoms with van der Waals surface area (Å²) in [6.45, 7) is 5.71. The number of carbonyl (C=O) groups is 1. The normalized spacial score (nSPS) is 10.1. The van der Waals surface area contributed by atoms with Gasteiger partial charge in [-0.15, -0.1) is 0 Å². The van der Waals surface area contributed by atoms with E-state index in [1.165, 1.54) is 0 Å². The molecule has 5 nitrogen and oxygen atoms in total. The number of nitrogen functional groups attached to an aromatic ring is 1. The van der Waals surface area contributed by atoms with Gasteiger partial charge in [-0.05, 0) is 25.5 Å². The van der Waals surface area contributed by atoms with Crippen molar-refractivity contribution >= 4 is 17.3 Å². The minimum atomic E-state index is -0.0109. The lowest BCUT2D eigenvalue weighted by Crippen LogP contribution is -2.36. The van der Waals surface area contributed by atoms with Crippen molar-refractivity contribution in [1.29, 1.82) is 0 Å². The fourth-order valence-electron chi connectivity index (χ4n) is 1.82. The first-order valence-corrected chi connectivity index (χ1v) is 6.60. The predicted octanol–water partition coefficient (Wildman–Crippen LogP) is 1.63. The Morgan fingerprint density at radius 3 is 2.74 bits per heavy atom. The van der Waals surface area contributed by atoms with Crippen LogP contribution in [0.5, 0.6) is 5.75 Å². The lowest BCUT2D eigenvalue weighted by molar-refractivity contribution is -0.119. The molecule has 0 aliphatic carbocycles. The number of nitrogens with zero attached hydrogens (tertiary/aromatic N) is 1. The van der Waals surface area contributed by atoms with Gasteiger partial charge in [-0.25, -0.2) is 0 Å². The van der Waals surface area contributed by atoms with Crippen molar-refractivity contribution in [2.45, 2.75) is 20.3 Å². The molecule has 1 aromatic rings. The van der Waals surface area contributed by atoms with Crippen LogP contribution in [-0.2, 0) is 4.79 Å². The quantitative estimate of drug-likeness (QED) is 0.735. The van der Waals surface area contributed by atoms with Crippen LogP contribution in [0.4, 0.5) is 11.4 Å². The molecule has 19 heavy (non-hydrogen) atoms. The van der Waals surface area contributed by atoms with Crippen LogP contribution in [0.15, 0.2) is 18.2 Å². The maximum Gasteiger partial charge on any atom is 0.239 e. The SMILES string of the molecule is CCCN(CC(=O)NC)c1ccc(N)c(OCC)c1. The van der Waals surface area contributed by atoms with Crippen molar-refractivity contribution in [2.75, 3.05) is 37.4 Å². The Balaban J connectivity index is 2.94. The van der Waals surface area contributed by atoms with Crippen LogP contribution in [0.25, 0.3) is 0 Å². The zero-order valence-electron chi connectivity index (χ0n) is 11.9. The molecule has 1 aromatic carbocycles. The second-order valence-corrected chi connectivity index (χ2v) is 4.25. The van der Waals surface area contributed by atoms with E-state index >= 15 is 0 Å². The third-order valence-corrected chi connectivity index (χ3v) is 2.77. The number of hydrogen-bond donors (Lipinski definition) is 2. The van der Waals surface area contributed by atoms with E-state index in [2.05, 4.69) is 12.2 Å². The summed E-state index contributed by atoms with van der Waals surface area (Å²) < 4.78 is 5.48. The van der Waals surface area contributed by atoms with E-state index < -0.39 is 0 Å². The van der Waals surface area contributed by atoms with Gasteiger partial charge >= 0.3 is 0 Å². The molecule has 0 aliphatic heterocycles. The van der Waals surface area contributed by atoms with Crippen molar-refractivity contribution in [2.24, 2.45) is 0 Å². The first kappa shape index (κ1) is 15.1. The number of carbonyl (C=O) groups excluding carboxylic acids is 1. The summed E-state index contributed by atoms with van der Waals surface area (Å²) in [7, 11) is 1.64. The molecular formula is C14H23N3O2. The largest absolute Gasteiger partial charge is 0.492 e. The van der Waals surface area contributed by atoms with Crippen LogP contribution in [0.1, 0.15) is 20.3 Å². The summed E-state index contributed by atoms with van der Waals surface area (Å²) in [5.41, 5.74) is 7.41. The molecule has 1 rings (SSSR count). The summed E-state index contributed by atoms with van der Waals surface area (Å²) >= 11 is 0. The van der Waals surface area contributed by atoms with Gasteiger partial charge in [0.15, 0.2) is 0 Å². The van der Waals surface area contributed by atoms with Crippen molar-refractivity contribution in [3.63, 3.8) is 0 Å². The molecule has 0 atom stereocenters. The number of anilines is 2. The van der Waals surface area contributed by atoms with E-state index in [1.54, 1.807) is 7.05 Å². The third-order valence-electron chi connectivity index (χ3n) is 2.77. The molecule has 5 heteroatoms. The molecule has 0 bridgehead atoms. The molecule has 1 amide bonds. The Kier molecular flexibility index (Phi) is 5.99. The highest BCUT2D eigenvalue weighted by molar-refractivity contribution is 5.81. The number of likely N-dealkylation sites (N-methyl/N-ethyl adjacent to an activating group) is 1. The predicted molar refractivity (Wildman–Crippen MR) is 78.6 cm³/mol. The van der Waals surface area contributed by atoms with Crippen LogP contribution in [0.3, 0.4) is 0 Å². The number of benzene rings is 1. The van der Waals surface area contributed by atoms with Gasteiger partial charge in [0.2, 0.25) is 5.91 Å². The van der Waals surface area contributed by atoms with Gasteiger partial charge in [0.25, 0.3) is 0 Å². The van der Waals surface area contributed by atoms with Crippen LogP contribution in [0.2, 0.25) is 0 Å². The highest BCUT2D eigenvalue weighted by Gasteiger charge is 2.12. The van der Waals surface area contributed by atoms with E-state index in [9.17, 15) is 4.79 Å². The smallest absolute Gasteiger partial charge is 0.239 e. The van der Waals surface area contributed by atoms with Crippen molar-refractivity contribution < 1.29 is 9.53 Å². The molecule has 3 N–H and O–H groups in total. The Labute approximate surface area is 114 Å². The fourth-order valence-corrected chi connectivity index (χ4v) is 1.82. The van der Waals surface area contributed by atoms with Crippen molar-refractivity contribution in [3.8, 4) is 5.75 Å². The van der Waals surface area contributed by atoms with Gasteiger partial charge < -0.3 is 20.7 Å². The number of rotatable bonds is 7. The number of nitrogens with one attached hydrogen (secondary N) is 1. The summed E-state index contributed by atoms with van der Waals surface area (Å²) in [5.74, 6) is 0.654. The Morgan fingerprint density at radius 1 is 1.42 bits per heavy atom. The second-order valence-electron chi connectivity index (χ2n) is 4.25. The highest BCUT2D eigenvalue weighted by atomic mass is 16.5. The van der Waals surface area contributed by atoms with Crippen LogP contribution in [-0.4, -0.2) is 32.7 Å². The second kappa shape index (κ2) is 7.51. The summed E-state index contributed by atoms with van der Waals surface area (Å²) in [4.78, 5) is 13.6. The van der Waals surface area contributed by atoms with E-state index in [4.69, 9.17) is 10.5 Å². The molecule has 0 saturated carbocycles. The average Bonchev–Trinajstić information content (AvgIpc) is 2.41.